The van der Waals surface area contributed by atoms with Crippen LogP contribution in [0.5, 0.6) is 11.5 Å². The zero-order valence-electron chi connectivity index (χ0n) is 23.2. The average Bonchev–Trinajstić information content (AvgIpc) is 3.20. The molecule has 4 amide bonds. The summed E-state index contributed by atoms with van der Waals surface area (Å²) in [4.78, 5) is 51.4. The van der Waals surface area contributed by atoms with Crippen LogP contribution in [0.3, 0.4) is 0 Å². The molecule has 0 bridgehead atoms. The van der Waals surface area contributed by atoms with Crippen LogP contribution >= 0.6 is 11.8 Å². The molecular formula is C31H31N3O6S. The number of aryl methyl sites for hydroxylation is 1. The minimum absolute atomic E-state index is 0.178. The first-order valence-corrected chi connectivity index (χ1v) is 13.8. The molecule has 0 aromatic heterocycles. The highest BCUT2D eigenvalue weighted by Gasteiger charge is 2.36. The van der Waals surface area contributed by atoms with Gasteiger partial charge in [0, 0.05) is 11.4 Å². The van der Waals surface area contributed by atoms with Gasteiger partial charge in [-0.1, -0.05) is 49.7 Å². The summed E-state index contributed by atoms with van der Waals surface area (Å²) in [5, 5.41) is 4.96. The van der Waals surface area contributed by atoms with E-state index in [9.17, 15) is 19.2 Å². The van der Waals surface area contributed by atoms with Crippen molar-refractivity contribution in [1.29, 1.82) is 0 Å². The third-order valence-corrected chi connectivity index (χ3v) is 7.12. The lowest BCUT2D eigenvalue weighted by molar-refractivity contribution is -0.127. The van der Waals surface area contributed by atoms with Gasteiger partial charge >= 0.3 is 0 Å². The summed E-state index contributed by atoms with van der Waals surface area (Å²) in [5.74, 6) is -0.302. The highest BCUT2D eigenvalue weighted by atomic mass is 32.2. The summed E-state index contributed by atoms with van der Waals surface area (Å²) < 4.78 is 11.0. The number of anilines is 2. The Morgan fingerprint density at radius 1 is 0.902 bits per heavy atom. The summed E-state index contributed by atoms with van der Waals surface area (Å²) in [6, 6.07) is 19.8. The van der Waals surface area contributed by atoms with Gasteiger partial charge in [0.2, 0.25) is 5.91 Å². The van der Waals surface area contributed by atoms with Crippen molar-refractivity contribution < 1.29 is 28.7 Å². The highest BCUT2D eigenvalue weighted by molar-refractivity contribution is 8.18. The van der Waals surface area contributed by atoms with Crippen molar-refractivity contribution in [3.8, 4) is 11.5 Å². The zero-order valence-corrected chi connectivity index (χ0v) is 24.0. The van der Waals surface area contributed by atoms with Crippen molar-refractivity contribution in [2.45, 2.75) is 26.7 Å². The SMILES string of the molecule is COc1cc(/C=C2/SC(=O)N(CC(=O)Nc3ccc(C(C)C)cc3)C2=O)ccc1OCC(=O)Nc1ccc(C)cc1. The Hall–Kier alpha value is -4.57. The Morgan fingerprint density at radius 2 is 1.54 bits per heavy atom. The molecule has 0 aliphatic carbocycles. The first-order valence-electron chi connectivity index (χ1n) is 13.0. The van der Waals surface area contributed by atoms with Crippen LogP contribution in [0.15, 0.2) is 71.6 Å². The number of methoxy groups -OCH3 is 1. The quantitative estimate of drug-likeness (QED) is 0.294. The fourth-order valence-electron chi connectivity index (χ4n) is 3.95. The van der Waals surface area contributed by atoms with E-state index in [1.165, 1.54) is 7.11 Å². The first kappa shape index (κ1) is 29.4. The van der Waals surface area contributed by atoms with E-state index >= 15 is 0 Å². The van der Waals surface area contributed by atoms with E-state index in [-0.39, 0.29) is 17.4 Å². The lowest BCUT2D eigenvalue weighted by Gasteiger charge is -2.13. The standard InChI is InChI=1S/C31H31N3O6S/c1-19(2)22-8-12-24(13-9-22)32-28(35)17-34-30(37)27(41-31(34)38)16-21-7-14-25(26(15-21)39-4)40-18-29(36)33-23-10-5-20(3)6-11-23/h5-16,19H,17-18H2,1-4H3,(H,32,35)(H,33,36)/b27-16+. The number of ether oxygens (including phenoxy) is 2. The van der Waals surface area contributed by atoms with Gasteiger partial charge in [0.25, 0.3) is 17.1 Å². The number of carbonyl (C=O) groups is 4. The van der Waals surface area contributed by atoms with E-state index in [0.29, 0.717) is 34.4 Å². The molecule has 212 valence electrons. The molecule has 41 heavy (non-hydrogen) atoms. The first-order chi connectivity index (χ1) is 19.6. The number of carbonyl (C=O) groups excluding carboxylic acids is 4. The summed E-state index contributed by atoms with van der Waals surface area (Å²) in [7, 11) is 1.46. The summed E-state index contributed by atoms with van der Waals surface area (Å²) >= 11 is 0.757. The van der Waals surface area contributed by atoms with E-state index in [1.54, 1.807) is 36.4 Å². The number of hydrogen-bond donors (Lipinski definition) is 2. The van der Waals surface area contributed by atoms with Crippen molar-refractivity contribution in [3.05, 3.63) is 88.3 Å². The van der Waals surface area contributed by atoms with Crippen molar-refractivity contribution in [1.82, 2.24) is 4.90 Å². The Kier molecular flexibility index (Phi) is 9.46. The molecule has 1 saturated heterocycles. The van der Waals surface area contributed by atoms with E-state index < -0.39 is 23.6 Å². The van der Waals surface area contributed by atoms with Gasteiger partial charge in [0.15, 0.2) is 18.1 Å². The maximum absolute atomic E-state index is 12.9. The number of amides is 4. The molecule has 1 fully saturated rings. The zero-order chi connectivity index (χ0) is 29.5. The van der Waals surface area contributed by atoms with Crippen molar-refractivity contribution in [3.63, 3.8) is 0 Å². The highest BCUT2D eigenvalue weighted by Crippen LogP contribution is 2.34. The van der Waals surface area contributed by atoms with Crippen LogP contribution in [0.1, 0.15) is 36.5 Å². The third kappa shape index (κ3) is 7.76. The maximum Gasteiger partial charge on any atom is 0.294 e. The second kappa shape index (κ2) is 13.2. The summed E-state index contributed by atoms with van der Waals surface area (Å²) in [6.07, 6.45) is 1.55. The van der Waals surface area contributed by atoms with Gasteiger partial charge in [-0.25, -0.2) is 0 Å². The third-order valence-electron chi connectivity index (χ3n) is 6.22. The lowest BCUT2D eigenvalue weighted by Crippen LogP contribution is -2.36. The van der Waals surface area contributed by atoms with Crippen LogP contribution in [0.2, 0.25) is 0 Å². The summed E-state index contributed by atoms with van der Waals surface area (Å²) in [6.45, 7) is 5.49. The van der Waals surface area contributed by atoms with E-state index in [0.717, 1.165) is 27.8 Å². The molecule has 0 spiro atoms. The maximum atomic E-state index is 12.9. The largest absolute Gasteiger partial charge is 0.493 e. The van der Waals surface area contributed by atoms with Crippen molar-refractivity contribution in [2.24, 2.45) is 0 Å². The molecule has 1 aliphatic rings. The molecule has 1 heterocycles. The number of benzene rings is 3. The monoisotopic (exact) mass is 573 g/mol. The fraction of sp³-hybridized carbons (Fsp3) is 0.226. The predicted molar refractivity (Wildman–Crippen MR) is 160 cm³/mol. The van der Waals surface area contributed by atoms with Gasteiger partial charge in [0.1, 0.15) is 6.54 Å². The lowest BCUT2D eigenvalue weighted by atomic mass is 10.0. The van der Waals surface area contributed by atoms with Crippen LogP contribution in [0.25, 0.3) is 6.08 Å². The van der Waals surface area contributed by atoms with Crippen LogP contribution < -0.4 is 20.1 Å². The molecule has 0 radical (unpaired) electrons. The van der Waals surface area contributed by atoms with Gasteiger partial charge in [-0.05, 0) is 78.2 Å². The normalized spacial score (nSPS) is 14.0. The molecule has 0 saturated carbocycles. The summed E-state index contributed by atoms with van der Waals surface area (Å²) in [5.41, 5.74) is 4.06. The predicted octanol–water partition coefficient (Wildman–Crippen LogP) is 5.82. The number of hydrogen-bond acceptors (Lipinski definition) is 7. The van der Waals surface area contributed by atoms with E-state index in [2.05, 4.69) is 24.5 Å². The molecule has 4 rings (SSSR count). The second-order valence-electron chi connectivity index (χ2n) is 9.71. The van der Waals surface area contributed by atoms with Crippen LogP contribution in [0.4, 0.5) is 16.2 Å². The molecule has 2 N–H and O–H groups in total. The van der Waals surface area contributed by atoms with Crippen LogP contribution in [0, 0.1) is 6.92 Å². The van der Waals surface area contributed by atoms with Crippen molar-refractivity contribution in [2.75, 3.05) is 30.9 Å². The van der Waals surface area contributed by atoms with Gasteiger partial charge < -0.3 is 20.1 Å². The van der Waals surface area contributed by atoms with Crippen molar-refractivity contribution >= 4 is 52.2 Å². The minimum atomic E-state index is -0.558. The number of nitrogens with one attached hydrogen (secondary N) is 2. The van der Waals surface area contributed by atoms with Gasteiger partial charge in [-0.2, -0.15) is 0 Å². The molecule has 3 aromatic carbocycles. The Labute approximate surface area is 242 Å². The second-order valence-corrected chi connectivity index (χ2v) is 10.7. The Bertz CT molecular complexity index is 1480. The van der Waals surface area contributed by atoms with Gasteiger partial charge in [0.05, 0.1) is 12.0 Å². The number of nitrogens with zero attached hydrogens (tertiary/aromatic N) is 1. The Balaban J connectivity index is 1.36. The molecule has 3 aromatic rings. The number of imide groups is 1. The number of rotatable bonds is 10. The smallest absolute Gasteiger partial charge is 0.294 e. The van der Waals surface area contributed by atoms with E-state index in [4.69, 9.17) is 9.47 Å². The van der Waals surface area contributed by atoms with Crippen LogP contribution in [-0.4, -0.2) is 48.1 Å². The fourth-order valence-corrected chi connectivity index (χ4v) is 4.79. The molecule has 0 atom stereocenters. The molecule has 9 nitrogen and oxygen atoms in total. The van der Waals surface area contributed by atoms with Gasteiger partial charge in [-0.15, -0.1) is 0 Å². The molecule has 0 unspecified atom stereocenters. The van der Waals surface area contributed by atoms with E-state index in [1.807, 2.05) is 43.3 Å². The average molecular weight is 574 g/mol. The number of thioether (sulfide) groups is 1. The molecular weight excluding hydrogens is 542 g/mol. The van der Waals surface area contributed by atoms with Crippen LogP contribution in [-0.2, 0) is 14.4 Å². The minimum Gasteiger partial charge on any atom is -0.493 e. The molecule has 10 heteroatoms. The topological polar surface area (TPSA) is 114 Å². The molecule has 1 aliphatic heterocycles. The van der Waals surface area contributed by atoms with Gasteiger partial charge in [-0.3, -0.25) is 24.1 Å². The Morgan fingerprint density at radius 3 is 2.17 bits per heavy atom.